The minimum absolute atomic E-state index is 0.0814. The predicted octanol–water partition coefficient (Wildman–Crippen LogP) is 1.44. The fourth-order valence-corrected chi connectivity index (χ4v) is 3.00. The van der Waals surface area contributed by atoms with Crippen molar-refractivity contribution >= 4 is 17.5 Å². The molecular formula is C17H22N2O3. The van der Waals surface area contributed by atoms with Crippen molar-refractivity contribution in [2.24, 2.45) is 5.92 Å². The summed E-state index contributed by atoms with van der Waals surface area (Å²) in [5.41, 5.74) is 2.53. The summed E-state index contributed by atoms with van der Waals surface area (Å²) in [5, 5.41) is 9.97. The molecular weight excluding hydrogens is 280 g/mol. The van der Waals surface area contributed by atoms with E-state index in [1.165, 1.54) is 0 Å². The third-order valence-electron chi connectivity index (χ3n) is 4.64. The van der Waals surface area contributed by atoms with Crippen molar-refractivity contribution in [1.82, 2.24) is 4.90 Å². The summed E-state index contributed by atoms with van der Waals surface area (Å²) in [6.45, 7) is 0.374. The second-order valence-corrected chi connectivity index (χ2v) is 6.39. The van der Waals surface area contributed by atoms with Gasteiger partial charge in [-0.2, -0.15) is 0 Å². The number of aliphatic hydroxyl groups excluding tert-OH is 1. The smallest absolute Gasteiger partial charge is 0.253 e. The molecule has 0 spiro atoms. The molecule has 1 aromatic carbocycles. The van der Waals surface area contributed by atoms with Crippen LogP contribution in [0.15, 0.2) is 18.2 Å². The molecule has 118 valence electrons. The van der Waals surface area contributed by atoms with Gasteiger partial charge in [0.25, 0.3) is 5.91 Å². The molecule has 1 aromatic rings. The first-order valence-corrected chi connectivity index (χ1v) is 7.80. The van der Waals surface area contributed by atoms with Gasteiger partial charge in [0.05, 0.1) is 6.10 Å². The van der Waals surface area contributed by atoms with Crippen LogP contribution in [-0.2, 0) is 11.2 Å². The second-order valence-electron chi connectivity index (χ2n) is 6.39. The van der Waals surface area contributed by atoms with E-state index in [-0.39, 0.29) is 11.8 Å². The van der Waals surface area contributed by atoms with Crippen molar-refractivity contribution in [2.75, 3.05) is 25.5 Å². The van der Waals surface area contributed by atoms with Gasteiger partial charge in [0.2, 0.25) is 5.91 Å². The lowest BCUT2D eigenvalue weighted by Crippen LogP contribution is -2.35. The van der Waals surface area contributed by atoms with Gasteiger partial charge in [-0.1, -0.05) is 0 Å². The summed E-state index contributed by atoms with van der Waals surface area (Å²) in [6.07, 6.45) is 2.85. The number of aliphatic hydroxyl groups is 1. The van der Waals surface area contributed by atoms with Crippen LogP contribution in [0.3, 0.4) is 0 Å². The van der Waals surface area contributed by atoms with E-state index < -0.39 is 6.10 Å². The molecule has 2 amide bonds. The van der Waals surface area contributed by atoms with Crippen molar-refractivity contribution in [3.8, 4) is 0 Å². The summed E-state index contributed by atoms with van der Waals surface area (Å²) in [6, 6.07) is 5.47. The van der Waals surface area contributed by atoms with Crippen LogP contribution in [0.4, 0.5) is 5.69 Å². The Bertz CT molecular complexity index is 610. The summed E-state index contributed by atoms with van der Waals surface area (Å²) < 4.78 is 0. The number of fused-ring (bicyclic) bond motifs is 1. The monoisotopic (exact) mass is 302 g/mol. The lowest BCUT2D eigenvalue weighted by Gasteiger charge is -2.27. The van der Waals surface area contributed by atoms with Gasteiger partial charge >= 0.3 is 0 Å². The summed E-state index contributed by atoms with van der Waals surface area (Å²) in [4.78, 5) is 27.4. The Kier molecular flexibility index (Phi) is 3.91. The molecule has 1 heterocycles. The normalized spacial score (nSPS) is 18.9. The van der Waals surface area contributed by atoms with Crippen LogP contribution in [0, 0.1) is 5.92 Å². The number of hydrogen-bond donors (Lipinski definition) is 1. The number of rotatable bonds is 4. The highest BCUT2D eigenvalue weighted by Crippen LogP contribution is 2.33. The van der Waals surface area contributed by atoms with Gasteiger partial charge in [0.1, 0.15) is 0 Å². The zero-order chi connectivity index (χ0) is 15.9. The molecule has 0 unspecified atom stereocenters. The van der Waals surface area contributed by atoms with E-state index in [2.05, 4.69) is 0 Å². The largest absolute Gasteiger partial charge is 0.391 e. The van der Waals surface area contributed by atoms with Crippen molar-refractivity contribution in [3.63, 3.8) is 0 Å². The number of carbonyl (C=O) groups is 2. The Hall–Kier alpha value is -1.88. The molecule has 0 saturated heterocycles. The summed E-state index contributed by atoms with van der Waals surface area (Å²) in [5.74, 6) is 0.386. The van der Waals surface area contributed by atoms with E-state index in [4.69, 9.17) is 0 Å². The molecule has 5 nitrogen and oxygen atoms in total. The molecule has 1 aliphatic heterocycles. The number of benzene rings is 1. The van der Waals surface area contributed by atoms with Gasteiger partial charge in [-0.3, -0.25) is 9.59 Å². The van der Waals surface area contributed by atoms with Crippen LogP contribution >= 0.6 is 0 Å². The van der Waals surface area contributed by atoms with E-state index in [1.807, 2.05) is 12.1 Å². The maximum atomic E-state index is 12.5. The fourth-order valence-electron chi connectivity index (χ4n) is 3.00. The standard InChI is InChI=1S/C17H22N2O3/c1-18(10-15(20)11-3-4-11)17(22)13-5-7-14-12(9-13)6-8-16(21)19(14)2/h5,7,9,11,15,20H,3-4,6,8,10H2,1-2H3/t15-/m0/s1. The predicted molar refractivity (Wildman–Crippen MR) is 83.9 cm³/mol. The second kappa shape index (κ2) is 5.72. The Morgan fingerprint density at radius 3 is 2.82 bits per heavy atom. The Morgan fingerprint density at radius 1 is 1.41 bits per heavy atom. The molecule has 1 N–H and O–H groups in total. The first-order chi connectivity index (χ1) is 10.5. The van der Waals surface area contributed by atoms with Crippen LogP contribution in [-0.4, -0.2) is 48.6 Å². The first kappa shape index (κ1) is 15.0. The minimum atomic E-state index is -0.421. The molecule has 0 bridgehead atoms. The highest BCUT2D eigenvalue weighted by atomic mass is 16.3. The van der Waals surface area contributed by atoms with E-state index in [0.29, 0.717) is 30.9 Å². The number of hydrogen-bond acceptors (Lipinski definition) is 3. The summed E-state index contributed by atoms with van der Waals surface area (Å²) >= 11 is 0. The molecule has 1 fully saturated rings. The fraction of sp³-hybridized carbons (Fsp3) is 0.529. The molecule has 0 radical (unpaired) electrons. The highest BCUT2D eigenvalue weighted by Gasteiger charge is 2.31. The van der Waals surface area contributed by atoms with Gasteiger partial charge < -0.3 is 14.9 Å². The van der Waals surface area contributed by atoms with Gasteiger partial charge in [0.15, 0.2) is 0 Å². The average molecular weight is 302 g/mol. The Labute approximate surface area is 130 Å². The molecule has 0 aromatic heterocycles. The van der Waals surface area contributed by atoms with Crippen molar-refractivity contribution in [2.45, 2.75) is 31.8 Å². The van der Waals surface area contributed by atoms with Gasteiger partial charge in [-0.05, 0) is 48.9 Å². The minimum Gasteiger partial charge on any atom is -0.391 e. The number of likely N-dealkylation sites (N-methyl/N-ethyl adjacent to an activating group) is 1. The third-order valence-corrected chi connectivity index (χ3v) is 4.64. The van der Waals surface area contributed by atoms with Gasteiger partial charge in [0, 0.05) is 38.3 Å². The maximum absolute atomic E-state index is 12.5. The number of carbonyl (C=O) groups excluding carboxylic acids is 2. The molecule has 5 heteroatoms. The first-order valence-electron chi connectivity index (χ1n) is 7.80. The lowest BCUT2D eigenvalue weighted by atomic mass is 9.98. The van der Waals surface area contributed by atoms with E-state index in [0.717, 1.165) is 24.1 Å². The molecule has 1 aliphatic carbocycles. The van der Waals surface area contributed by atoms with Crippen LogP contribution < -0.4 is 4.90 Å². The van der Waals surface area contributed by atoms with Crippen molar-refractivity contribution < 1.29 is 14.7 Å². The van der Waals surface area contributed by atoms with E-state index in [9.17, 15) is 14.7 Å². The van der Waals surface area contributed by atoms with E-state index >= 15 is 0 Å². The molecule has 22 heavy (non-hydrogen) atoms. The third kappa shape index (κ3) is 2.86. The molecule has 2 aliphatic rings. The highest BCUT2D eigenvalue weighted by molar-refractivity contribution is 5.98. The van der Waals surface area contributed by atoms with Gasteiger partial charge in [-0.15, -0.1) is 0 Å². The lowest BCUT2D eigenvalue weighted by molar-refractivity contribution is -0.118. The Balaban J connectivity index is 1.74. The maximum Gasteiger partial charge on any atom is 0.253 e. The molecule has 1 atom stereocenters. The van der Waals surface area contributed by atoms with Crippen molar-refractivity contribution in [1.29, 1.82) is 0 Å². The van der Waals surface area contributed by atoms with Crippen molar-refractivity contribution in [3.05, 3.63) is 29.3 Å². The van der Waals surface area contributed by atoms with Gasteiger partial charge in [-0.25, -0.2) is 0 Å². The zero-order valence-electron chi connectivity index (χ0n) is 13.1. The summed E-state index contributed by atoms with van der Waals surface area (Å²) in [7, 11) is 3.49. The SMILES string of the molecule is CN(C[C@H](O)C1CC1)C(=O)c1ccc2c(c1)CCC(=O)N2C. The Morgan fingerprint density at radius 2 is 2.14 bits per heavy atom. The number of aryl methyl sites for hydroxylation is 1. The quantitative estimate of drug-likeness (QED) is 0.915. The molecule has 3 rings (SSSR count). The topological polar surface area (TPSA) is 60.9 Å². The number of anilines is 1. The van der Waals surface area contributed by atoms with Crippen LogP contribution in [0.25, 0.3) is 0 Å². The number of amides is 2. The van der Waals surface area contributed by atoms with Crippen LogP contribution in [0.2, 0.25) is 0 Å². The van der Waals surface area contributed by atoms with Crippen LogP contribution in [0.1, 0.15) is 35.2 Å². The molecule has 1 saturated carbocycles. The van der Waals surface area contributed by atoms with Crippen LogP contribution in [0.5, 0.6) is 0 Å². The van der Waals surface area contributed by atoms with E-state index in [1.54, 1.807) is 30.0 Å². The average Bonchev–Trinajstić information content (AvgIpc) is 3.34. The number of nitrogens with zero attached hydrogens (tertiary/aromatic N) is 2. The zero-order valence-corrected chi connectivity index (χ0v) is 13.1.